The van der Waals surface area contributed by atoms with Crippen LogP contribution in [0.5, 0.6) is 0 Å². The van der Waals surface area contributed by atoms with Gasteiger partial charge in [-0.2, -0.15) is 0 Å². The van der Waals surface area contributed by atoms with Crippen molar-refractivity contribution in [3.8, 4) is 0 Å². The van der Waals surface area contributed by atoms with Gasteiger partial charge >= 0.3 is 0 Å². The van der Waals surface area contributed by atoms with Crippen molar-refractivity contribution < 1.29 is 9.53 Å². The molecule has 0 spiro atoms. The first-order valence-corrected chi connectivity index (χ1v) is 14.1. The normalized spacial score (nSPS) is 15.9. The first-order valence-electron chi connectivity index (χ1n) is 14.1. The molecule has 1 aliphatic rings. The minimum Gasteiger partial charge on any atom is -0.368 e. The third-order valence-corrected chi connectivity index (χ3v) is 7.11. The monoisotopic (exact) mass is 469 g/mol. The number of aromatic nitrogens is 2. The molecule has 2 heterocycles. The molecule has 1 atom stereocenters. The van der Waals surface area contributed by atoms with Crippen LogP contribution in [0, 0.1) is 0 Å². The summed E-state index contributed by atoms with van der Waals surface area (Å²) in [6.07, 6.45) is 20.7. The number of hydrogen-bond acceptors (Lipinski definition) is 3. The summed E-state index contributed by atoms with van der Waals surface area (Å²) in [5, 5.41) is 3.05. The summed E-state index contributed by atoms with van der Waals surface area (Å²) < 4.78 is 7.81. The predicted octanol–water partition coefficient (Wildman–Crippen LogP) is 7.31. The molecule has 34 heavy (non-hydrogen) atoms. The average molecular weight is 470 g/mol. The molecule has 1 saturated heterocycles. The first-order chi connectivity index (χ1) is 16.8. The third-order valence-electron chi connectivity index (χ3n) is 7.11. The summed E-state index contributed by atoms with van der Waals surface area (Å²) in [6.45, 7) is 4.40. The van der Waals surface area contributed by atoms with Gasteiger partial charge in [0.25, 0.3) is 0 Å². The second kappa shape index (κ2) is 15.9. The molecule has 1 fully saturated rings. The second-order valence-electron chi connectivity index (χ2n) is 9.98. The number of hydrogen-bond donors (Lipinski definition) is 1. The van der Waals surface area contributed by atoms with Gasteiger partial charge in [0.05, 0.1) is 17.6 Å². The van der Waals surface area contributed by atoms with Crippen molar-refractivity contribution in [3.05, 3.63) is 30.1 Å². The van der Waals surface area contributed by atoms with Crippen molar-refractivity contribution in [1.82, 2.24) is 14.9 Å². The standard InChI is InChI=1S/C29H47N3O2/c1-2-3-4-5-6-7-8-9-10-11-12-13-14-17-22-32-26-20-16-15-19-25(26)31-28(32)24-30-29(33)27-21-18-23-34-27/h15-16,19-20,27H,2-14,17-18,21-24H2,1H3,(H,30,33). The van der Waals surface area contributed by atoms with E-state index in [9.17, 15) is 4.79 Å². The summed E-state index contributed by atoms with van der Waals surface area (Å²) in [5.74, 6) is 0.940. The lowest BCUT2D eigenvalue weighted by molar-refractivity contribution is -0.130. The Kier molecular flexibility index (Phi) is 12.5. The van der Waals surface area contributed by atoms with E-state index in [-0.39, 0.29) is 12.0 Å². The minimum absolute atomic E-state index is 0.00685. The molecule has 1 aromatic heterocycles. The summed E-state index contributed by atoms with van der Waals surface area (Å²) in [5.41, 5.74) is 2.17. The summed E-state index contributed by atoms with van der Waals surface area (Å²) >= 11 is 0. The molecule has 1 unspecified atom stereocenters. The molecular formula is C29H47N3O2. The Morgan fingerprint density at radius 1 is 0.941 bits per heavy atom. The molecule has 0 aliphatic carbocycles. The predicted molar refractivity (Wildman–Crippen MR) is 141 cm³/mol. The lowest BCUT2D eigenvalue weighted by Gasteiger charge is -2.12. The highest BCUT2D eigenvalue weighted by atomic mass is 16.5. The smallest absolute Gasteiger partial charge is 0.249 e. The van der Waals surface area contributed by atoms with E-state index >= 15 is 0 Å². The Labute approximate surface area is 207 Å². The number of nitrogens with zero attached hydrogens (tertiary/aromatic N) is 2. The molecule has 5 nitrogen and oxygen atoms in total. The van der Waals surface area contributed by atoms with E-state index in [1.54, 1.807) is 0 Å². The Balaban J connectivity index is 1.31. The zero-order chi connectivity index (χ0) is 23.8. The number of amides is 1. The maximum atomic E-state index is 12.4. The SMILES string of the molecule is CCCCCCCCCCCCCCCCn1c(CNC(=O)C2CCCO2)nc2ccccc21. The molecular weight excluding hydrogens is 422 g/mol. The van der Waals surface area contributed by atoms with E-state index in [0.29, 0.717) is 13.2 Å². The molecule has 0 radical (unpaired) electrons. The third kappa shape index (κ3) is 9.05. The fourth-order valence-corrected chi connectivity index (χ4v) is 5.04. The summed E-state index contributed by atoms with van der Waals surface area (Å²) in [7, 11) is 0. The van der Waals surface area contributed by atoms with Crippen LogP contribution in [0.15, 0.2) is 24.3 Å². The van der Waals surface area contributed by atoms with Gasteiger partial charge < -0.3 is 14.6 Å². The number of fused-ring (bicyclic) bond motifs is 1. The Morgan fingerprint density at radius 2 is 1.56 bits per heavy atom. The number of imidazole rings is 1. The zero-order valence-corrected chi connectivity index (χ0v) is 21.5. The highest BCUT2D eigenvalue weighted by Crippen LogP contribution is 2.19. The molecule has 0 bridgehead atoms. The van der Waals surface area contributed by atoms with Gasteiger partial charge in [0.15, 0.2) is 0 Å². The topological polar surface area (TPSA) is 56.2 Å². The molecule has 1 aliphatic heterocycles. The fraction of sp³-hybridized carbons (Fsp3) is 0.724. The molecule has 1 aromatic carbocycles. The van der Waals surface area contributed by atoms with Crippen LogP contribution in [0.25, 0.3) is 11.0 Å². The number of benzene rings is 1. The van der Waals surface area contributed by atoms with Crippen LogP contribution in [0.4, 0.5) is 0 Å². The maximum absolute atomic E-state index is 12.4. The van der Waals surface area contributed by atoms with Crippen LogP contribution in [-0.2, 0) is 22.6 Å². The van der Waals surface area contributed by atoms with E-state index in [1.807, 2.05) is 6.07 Å². The number of nitrogens with one attached hydrogen (secondary N) is 1. The largest absolute Gasteiger partial charge is 0.368 e. The Hall–Kier alpha value is -1.88. The Morgan fingerprint density at radius 3 is 2.18 bits per heavy atom. The van der Waals surface area contributed by atoms with Crippen LogP contribution in [-0.4, -0.2) is 28.2 Å². The number of carbonyl (C=O) groups excluding carboxylic acids is 1. The number of carbonyl (C=O) groups is 1. The van der Waals surface area contributed by atoms with Gasteiger partial charge in [-0.1, -0.05) is 103 Å². The number of aryl methyl sites for hydroxylation is 1. The van der Waals surface area contributed by atoms with E-state index in [2.05, 4.69) is 35.0 Å². The van der Waals surface area contributed by atoms with Crippen molar-refractivity contribution in [2.24, 2.45) is 0 Å². The lowest BCUT2D eigenvalue weighted by atomic mass is 10.0. The van der Waals surface area contributed by atoms with Crippen molar-refractivity contribution in [3.63, 3.8) is 0 Å². The molecule has 2 aromatic rings. The lowest BCUT2D eigenvalue weighted by Crippen LogP contribution is -2.34. The van der Waals surface area contributed by atoms with E-state index < -0.39 is 0 Å². The van der Waals surface area contributed by atoms with E-state index in [1.165, 1.54) is 89.0 Å². The number of para-hydroxylation sites is 2. The summed E-state index contributed by atoms with van der Waals surface area (Å²) in [6, 6.07) is 8.29. The van der Waals surface area contributed by atoms with Gasteiger partial charge in [0.2, 0.25) is 5.91 Å². The van der Waals surface area contributed by atoms with Gasteiger partial charge in [-0.3, -0.25) is 4.79 Å². The van der Waals surface area contributed by atoms with E-state index in [0.717, 1.165) is 37.1 Å². The zero-order valence-electron chi connectivity index (χ0n) is 21.5. The van der Waals surface area contributed by atoms with Crippen LogP contribution in [0.2, 0.25) is 0 Å². The highest BCUT2D eigenvalue weighted by molar-refractivity contribution is 5.81. The quantitative estimate of drug-likeness (QED) is 0.233. The maximum Gasteiger partial charge on any atom is 0.249 e. The van der Waals surface area contributed by atoms with Gasteiger partial charge in [0, 0.05) is 13.2 Å². The number of rotatable bonds is 18. The molecule has 0 saturated carbocycles. The second-order valence-corrected chi connectivity index (χ2v) is 9.98. The van der Waals surface area contributed by atoms with Gasteiger partial charge in [-0.15, -0.1) is 0 Å². The van der Waals surface area contributed by atoms with Crippen molar-refractivity contribution in [1.29, 1.82) is 0 Å². The molecule has 5 heteroatoms. The van der Waals surface area contributed by atoms with Crippen LogP contribution in [0.1, 0.15) is 115 Å². The first kappa shape index (κ1) is 26.7. The van der Waals surface area contributed by atoms with Gasteiger partial charge in [-0.05, 0) is 31.4 Å². The highest BCUT2D eigenvalue weighted by Gasteiger charge is 2.23. The number of ether oxygens (including phenoxy) is 1. The summed E-state index contributed by atoms with van der Waals surface area (Å²) in [4.78, 5) is 17.2. The van der Waals surface area contributed by atoms with Crippen LogP contribution >= 0.6 is 0 Å². The average Bonchev–Trinajstić information content (AvgIpc) is 3.51. The van der Waals surface area contributed by atoms with Crippen LogP contribution < -0.4 is 5.32 Å². The van der Waals surface area contributed by atoms with Crippen molar-refractivity contribution >= 4 is 16.9 Å². The van der Waals surface area contributed by atoms with Crippen molar-refractivity contribution in [2.45, 2.75) is 129 Å². The van der Waals surface area contributed by atoms with Gasteiger partial charge in [0.1, 0.15) is 11.9 Å². The van der Waals surface area contributed by atoms with E-state index in [4.69, 9.17) is 9.72 Å². The molecule has 190 valence electrons. The fourth-order valence-electron chi connectivity index (χ4n) is 5.04. The van der Waals surface area contributed by atoms with Gasteiger partial charge in [-0.25, -0.2) is 4.98 Å². The minimum atomic E-state index is -0.288. The van der Waals surface area contributed by atoms with Crippen molar-refractivity contribution in [2.75, 3.05) is 6.61 Å². The Bertz CT molecular complexity index is 826. The number of unbranched alkanes of at least 4 members (excludes halogenated alkanes) is 13. The molecule has 1 N–H and O–H groups in total. The van der Waals surface area contributed by atoms with Crippen LogP contribution in [0.3, 0.4) is 0 Å². The molecule has 3 rings (SSSR count). The molecule has 1 amide bonds.